The number of halogens is 1. The maximum Gasteiger partial charge on any atom is 0.189 e. The Labute approximate surface area is 139 Å². The van der Waals surface area contributed by atoms with Crippen LogP contribution in [0.15, 0.2) is 42.5 Å². The molecule has 118 valence electrons. The standard InChI is InChI=1S/C18H15ClO4/c1-21-16-7-4-13(19)11-14(16)15(20)5-2-12-3-6-17-18(10-12)23-9-8-22-17/h2-7,10-11H,8-9H2,1H3/b5-2+. The average molecular weight is 331 g/mol. The Balaban J connectivity index is 1.82. The highest BCUT2D eigenvalue weighted by atomic mass is 35.5. The van der Waals surface area contributed by atoms with Gasteiger partial charge in [-0.1, -0.05) is 23.7 Å². The Bertz CT molecular complexity index is 768. The molecular formula is C18H15ClO4. The number of carbonyl (C=O) groups excluding carboxylic acids is 1. The van der Waals surface area contributed by atoms with Crippen LogP contribution < -0.4 is 14.2 Å². The molecule has 2 aromatic carbocycles. The lowest BCUT2D eigenvalue weighted by Crippen LogP contribution is -2.15. The van der Waals surface area contributed by atoms with E-state index < -0.39 is 0 Å². The van der Waals surface area contributed by atoms with Crippen molar-refractivity contribution >= 4 is 23.5 Å². The van der Waals surface area contributed by atoms with Crippen LogP contribution in [0.5, 0.6) is 17.2 Å². The Kier molecular flexibility index (Phi) is 4.53. The number of hydrogen-bond donors (Lipinski definition) is 0. The average Bonchev–Trinajstić information content (AvgIpc) is 2.59. The van der Waals surface area contributed by atoms with Gasteiger partial charge in [0.1, 0.15) is 19.0 Å². The summed E-state index contributed by atoms with van der Waals surface area (Å²) in [6, 6.07) is 10.5. The summed E-state index contributed by atoms with van der Waals surface area (Å²) >= 11 is 5.95. The van der Waals surface area contributed by atoms with Gasteiger partial charge in [-0.3, -0.25) is 4.79 Å². The van der Waals surface area contributed by atoms with Crippen LogP contribution in [0.4, 0.5) is 0 Å². The Morgan fingerprint density at radius 1 is 1.13 bits per heavy atom. The molecule has 0 saturated carbocycles. The molecule has 0 spiro atoms. The fraction of sp³-hybridized carbons (Fsp3) is 0.167. The first kappa shape index (κ1) is 15.4. The molecule has 1 heterocycles. The number of hydrogen-bond acceptors (Lipinski definition) is 4. The molecule has 0 aromatic heterocycles. The molecule has 3 rings (SSSR count). The number of benzene rings is 2. The number of rotatable bonds is 4. The lowest BCUT2D eigenvalue weighted by Gasteiger charge is -2.18. The molecule has 1 aliphatic heterocycles. The van der Waals surface area contributed by atoms with E-state index in [0.29, 0.717) is 35.3 Å². The van der Waals surface area contributed by atoms with E-state index in [1.807, 2.05) is 18.2 Å². The Morgan fingerprint density at radius 3 is 2.70 bits per heavy atom. The summed E-state index contributed by atoms with van der Waals surface area (Å²) in [6.45, 7) is 1.08. The van der Waals surface area contributed by atoms with E-state index in [4.69, 9.17) is 25.8 Å². The van der Waals surface area contributed by atoms with E-state index in [1.54, 1.807) is 24.3 Å². The van der Waals surface area contributed by atoms with Gasteiger partial charge < -0.3 is 14.2 Å². The number of ketones is 1. The van der Waals surface area contributed by atoms with Crippen molar-refractivity contribution in [1.82, 2.24) is 0 Å². The number of methoxy groups -OCH3 is 1. The summed E-state index contributed by atoms with van der Waals surface area (Å²) in [5, 5.41) is 0.488. The van der Waals surface area contributed by atoms with Crippen molar-refractivity contribution in [1.29, 1.82) is 0 Å². The third-order valence-corrected chi connectivity index (χ3v) is 3.66. The van der Waals surface area contributed by atoms with E-state index in [2.05, 4.69) is 0 Å². The highest BCUT2D eigenvalue weighted by molar-refractivity contribution is 6.31. The zero-order valence-electron chi connectivity index (χ0n) is 12.5. The molecular weight excluding hydrogens is 316 g/mol. The third-order valence-electron chi connectivity index (χ3n) is 3.42. The van der Waals surface area contributed by atoms with E-state index in [9.17, 15) is 4.79 Å². The number of fused-ring (bicyclic) bond motifs is 1. The smallest absolute Gasteiger partial charge is 0.189 e. The molecule has 0 amide bonds. The molecule has 0 radical (unpaired) electrons. The van der Waals surface area contributed by atoms with Crippen LogP contribution >= 0.6 is 11.6 Å². The van der Waals surface area contributed by atoms with Gasteiger partial charge in [-0.2, -0.15) is 0 Å². The Hall–Kier alpha value is -2.46. The van der Waals surface area contributed by atoms with Crippen molar-refractivity contribution in [2.45, 2.75) is 0 Å². The highest BCUT2D eigenvalue weighted by Gasteiger charge is 2.12. The van der Waals surface area contributed by atoms with E-state index in [0.717, 1.165) is 11.3 Å². The fourth-order valence-corrected chi connectivity index (χ4v) is 2.47. The number of carbonyl (C=O) groups is 1. The van der Waals surface area contributed by atoms with Crippen molar-refractivity contribution in [2.75, 3.05) is 20.3 Å². The molecule has 0 saturated heterocycles. The topological polar surface area (TPSA) is 44.8 Å². The van der Waals surface area contributed by atoms with Crippen molar-refractivity contribution in [3.8, 4) is 17.2 Å². The summed E-state index contributed by atoms with van der Waals surface area (Å²) in [5.41, 5.74) is 1.28. The quantitative estimate of drug-likeness (QED) is 0.627. The SMILES string of the molecule is COc1ccc(Cl)cc1C(=O)/C=C/c1ccc2c(c1)OCCO2. The molecule has 0 unspecified atom stereocenters. The zero-order chi connectivity index (χ0) is 16.2. The largest absolute Gasteiger partial charge is 0.496 e. The summed E-state index contributed by atoms with van der Waals surface area (Å²) in [4.78, 5) is 12.4. The van der Waals surface area contributed by atoms with E-state index in [1.165, 1.54) is 13.2 Å². The van der Waals surface area contributed by atoms with Gasteiger partial charge in [0.05, 0.1) is 12.7 Å². The van der Waals surface area contributed by atoms with Gasteiger partial charge >= 0.3 is 0 Å². The molecule has 0 atom stereocenters. The first-order valence-electron chi connectivity index (χ1n) is 7.13. The first-order chi connectivity index (χ1) is 11.2. The Morgan fingerprint density at radius 2 is 1.91 bits per heavy atom. The van der Waals surface area contributed by atoms with Crippen LogP contribution in [0, 0.1) is 0 Å². The number of allylic oxidation sites excluding steroid dienone is 1. The molecule has 0 bridgehead atoms. The van der Waals surface area contributed by atoms with Gasteiger partial charge in [0.2, 0.25) is 0 Å². The first-order valence-corrected chi connectivity index (χ1v) is 7.51. The maximum atomic E-state index is 12.4. The van der Waals surface area contributed by atoms with Gasteiger partial charge in [0, 0.05) is 5.02 Å². The lowest BCUT2D eigenvalue weighted by molar-refractivity contribution is 0.104. The lowest BCUT2D eigenvalue weighted by atomic mass is 10.1. The predicted octanol–water partition coefficient (Wildman–Crippen LogP) is 4.02. The molecule has 0 fully saturated rings. The minimum absolute atomic E-state index is 0.181. The van der Waals surface area contributed by atoms with E-state index in [-0.39, 0.29) is 5.78 Å². The predicted molar refractivity (Wildman–Crippen MR) is 88.8 cm³/mol. The maximum absolute atomic E-state index is 12.4. The molecule has 4 nitrogen and oxygen atoms in total. The second-order valence-electron chi connectivity index (χ2n) is 4.95. The zero-order valence-corrected chi connectivity index (χ0v) is 13.3. The van der Waals surface area contributed by atoms with Gasteiger partial charge in [0.25, 0.3) is 0 Å². The van der Waals surface area contributed by atoms with Gasteiger partial charge in [0.15, 0.2) is 17.3 Å². The van der Waals surface area contributed by atoms with Gasteiger partial charge in [-0.25, -0.2) is 0 Å². The molecule has 0 N–H and O–H groups in total. The third kappa shape index (κ3) is 3.48. The van der Waals surface area contributed by atoms with Crippen LogP contribution in [0.1, 0.15) is 15.9 Å². The van der Waals surface area contributed by atoms with Crippen LogP contribution in [-0.2, 0) is 0 Å². The van der Waals surface area contributed by atoms with Crippen LogP contribution in [-0.4, -0.2) is 26.1 Å². The van der Waals surface area contributed by atoms with Crippen molar-refractivity contribution in [2.24, 2.45) is 0 Å². The summed E-state index contributed by atoms with van der Waals surface area (Å²) < 4.78 is 16.2. The van der Waals surface area contributed by atoms with Crippen LogP contribution in [0.2, 0.25) is 5.02 Å². The van der Waals surface area contributed by atoms with Gasteiger partial charge in [-0.05, 0) is 42.0 Å². The molecule has 5 heteroatoms. The molecule has 23 heavy (non-hydrogen) atoms. The highest BCUT2D eigenvalue weighted by Crippen LogP contribution is 2.31. The molecule has 0 aliphatic carbocycles. The molecule has 1 aliphatic rings. The minimum Gasteiger partial charge on any atom is -0.496 e. The summed E-state index contributed by atoms with van der Waals surface area (Å²) in [6.07, 6.45) is 3.21. The monoisotopic (exact) mass is 330 g/mol. The second kappa shape index (κ2) is 6.75. The van der Waals surface area contributed by atoms with E-state index >= 15 is 0 Å². The minimum atomic E-state index is -0.181. The van der Waals surface area contributed by atoms with Crippen molar-refractivity contribution in [3.63, 3.8) is 0 Å². The second-order valence-corrected chi connectivity index (χ2v) is 5.38. The molecule has 2 aromatic rings. The fourth-order valence-electron chi connectivity index (χ4n) is 2.30. The van der Waals surface area contributed by atoms with Gasteiger partial charge in [-0.15, -0.1) is 0 Å². The normalized spacial score (nSPS) is 13.1. The van der Waals surface area contributed by atoms with Crippen molar-refractivity contribution < 1.29 is 19.0 Å². The van der Waals surface area contributed by atoms with Crippen LogP contribution in [0.25, 0.3) is 6.08 Å². The van der Waals surface area contributed by atoms with Crippen LogP contribution in [0.3, 0.4) is 0 Å². The summed E-state index contributed by atoms with van der Waals surface area (Å²) in [5.74, 6) is 1.72. The number of ether oxygens (including phenoxy) is 3. The van der Waals surface area contributed by atoms with Crippen molar-refractivity contribution in [3.05, 3.63) is 58.6 Å². The summed E-state index contributed by atoms with van der Waals surface area (Å²) in [7, 11) is 1.52.